The van der Waals surface area contributed by atoms with Gasteiger partial charge in [-0.2, -0.15) is 8.75 Å². The van der Waals surface area contributed by atoms with E-state index in [1.54, 1.807) is 12.1 Å². The van der Waals surface area contributed by atoms with Crippen LogP contribution in [-0.4, -0.2) is 27.8 Å². The number of rotatable bonds is 5. The summed E-state index contributed by atoms with van der Waals surface area (Å²) in [7, 11) is 0. The number of nitrogens with one attached hydrogen (secondary N) is 1. The van der Waals surface area contributed by atoms with Gasteiger partial charge in [-0.1, -0.05) is 24.3 Å². The molecule has 3 rings (SSSR count). The molecular formula is C15H13N3O2S. The quantitative estimate of drug-likeness (QED) is 0.735. The summed E-state index contributed by atoms with van der Waals surface area (Å²) in [6, 6.07) is 14.9. The Morgan fingerprint density at radius 1 is 1.10 bits per heavy atom. The van der Waals surface area contributed by atoms with Crippen molar-refractivity contribution in [2.75, 3.05) is 13.2 Å². The minimum atomic E-state index is -0.162. The molecular weight excluding hydrogens is 286 g/mol. The van der Waals surface area contributed by atoms with Gasteiger partial charge in [0.25, 0.3) is 5.91 Å². The average Bonchev–Trinajstić information content (AvgIpc) is 3.01. The Labute approximate surface area is 125 Å². The van der Waals surface area contributed by atoms with Crippen molar-refractivity contribution < 1.29 is 9.53 Å². The summed E-state index contributed by atoms with van der Waals surface area (Å²) in [4.78, 5) is 12.1. The highest BCUT2D eigenvalue weighted by Gasteiger charge is 2.11. The average molecular weight is 299 g/mol. The molecule has 1 N–H and O–H groups in total. The minimum Gasteiger partial charge on any atom is -0.492 e. The zero-order chi connectivity index (χ0) is 14.5. The van der Waals surface area contributed by atoms with Crippen molar-refractivity contribution in [3.05, 3.63) is 54.1 Å². The summed E-state index contributed by atoms with van der Waals surface area (Å²) in [5.74, 6) is 0.627. The van der Waals surface area contributed by atoms with E-state index >= 15 is 0 Å². The lowest BCUT2D eigenvalue weighted by Crippen LogP contribution is -2.28. The van der Waals surface area contributed by atoms with Gasteiger partial charge in [0.15, 0.2) is 0 Å². The first-order chi connectivity index (χ1) is 10.3. The van der Waals surface area contributed by atoms with E-state index in [2.05, 4.69) is 14.1 Å². The fourth-order valence-corrected chi connectivity index (χ4v) is 2.48. The highest BCUT2D eigenvalue weighted by atomic mass is 32.1. The number of ether oxygens (including phenoxy) is 1. The summed E-state index contributed by atoms with van der Waals surface area (Å²) in [6.07, 6.45) is 0. The third kappa shape index (κ3) is 3.17. The number of amides is 1. The minimum absolute atomic E-state index is 0.162. The van der Waals surface area contributed by atoms with Gasteiger partial charge in [-0.25, -0.2) is 0 Å². The van der Waals surface area contributed by atoms with Gasteiger partial charge in [0.1, 0.15) is 23.4 Å². The molecule has 0 aliphatic heterocycles. The van der Waals surface area contributed by atoms with E-state index in [1.165, 1.54) is 0 Å². The van der Waals surface area contributed by atoms with Crippen molar-refractivity contribution in [1.29, 1.82) is 0 Å². The molecule has 6 heteroatoms. The first kappa shape index (κ1) is 13.5. The Hall–Kier alpha value is -2.47. The summed E-state index contributed by atoms with van der Waals surface area (Å²) in [5.41, 5.74) is 1.93. The monoisotopic (exact) mass is 299 g/mol. The maximum Gasteiger partial charge on any atom is 0.253 e. The second-order valence-corrected chi connectivity index (χ2v) is 4.88. The first-order valence-electron chi connectivity index (χ1n) is 6.52. The van der Waals surface area contributed by atoms with Crippen LogP contribution < -0.4 is 10.1 Å². The van der Waals surface area contributed by atoms with Gasteiger partial charge in [-0.15, -0.1) is 0 Å². The number of hydrogen-bond acceptors (Lipinski definition) is 5. The Bertz CT molecular complexity index is 743. The molecule has 0 saturated heterocycles. The third-order valence-electron chi connectivity index (χ3n) is 2.93. The van der Waals surface area contributed by atoms with Crippen LogP contribution in [0, 0.1) is 0 Å². The van der Waals surface area contributed by atoms with Gasteiger partial charge in [-0.05, 0) is 24.3 Å². The molecule has 21 heavy (non-hydrogen) atoms. The van der Waals surface area contributed by atoms with Gasteiger partial charge >= 0.3 is 0 Å². The molecule has 1 amide bonds. The zero-order valence-electron chi connectivity index (χ0n) is 11.2. The molecule has 106 valence electrons. The van der Waals surface area contributed by atoms with Crippen molar-refractivity contribution in [3.8, 4) is 5.75 Å². The molecule has 0 bridgehead atoms. The number of fused-ring (bicyclic) bond motifs is 1. The van der Waals surface area contributed by atoms with Crippen LogP contribution in [0.2, 0.25) is 0 Å². The van der Waals surface area contributed by atoms with Gasteiger partial charge in [-0.3, -0.25) is 4.79 Å². The second kappa shape index (κ2) is 6.32. The Balaban J connectivity index is 1.56. The molecule has 0 spiro atoms. The molecule has 0 atom stereocenters. The van der Waals surface area contributed by atoms with E-state index < -0.39 is 0 Å². The predicted molar refractivity (Wildman–Crippen MR) is 81.7 cm³/mol. The van der Waals surface area contributed by atoms with Gasteiger partial charge in [0, 0.05) is 0 Å². The topological polar surface area (TPSA) is 64.1 Å². The molecule has 0 unspecified atom stereocenters. The van der Waals surface area contributed by atoms with E-state index in [0.29, 0.717) is 24.2 Å². The highest BCUT2D eigenvalue weighted by Crippen LogP contribution is 2.16. The van der Waals surface area contributed by atoms with E-state index in [1.807, 2.05) is 36.4 Å². The fraction of sp³-hybridized carbons (Fsp3) is 0.133. The standard InChI is InChI=1S/C15H13N3O2S/c19-15(12-7-4-8-13-14(12)18-21-17-13)16-9-10-20-11-5-2-1-3-6-11/h1-8H,9-10H2,(H,16,19). The molecule has 0 aliphatic carbocycles. The van der Waals surface area contributed by atoms with E-state index in [-0.39, 0.29) is 5.91 Å². The van der Waals surface area contributed by atoms with Crippen LogP contribution in [0.4, 0.5) is 0 Å². The third-order valence-corrected chi connectivity index (χ3v) is 3.47. The Morgan fingerprint density at radius 3 is 2.81 bits per heavy atom. The molecule has 0 radical (unpaired) electrons. The van der Waals surface area contributed by atoms with Crippen molar-refractivity contribution >= 4 is 28.7 Å². The largest absolute Gasteiger partial charge is 0.492 e. The van der Waals surface area contributed by atoms with Gasteiger partial charge in [0.2, 0.25) is 0 Å². The van der Waals surface area contributed by atoms with Gasteiger partial charge < -0.3 is 10.1 Å². The van der Waals surface area contributed by atoms with Crippen LogP contribution in [-0.2, 0) is 0 Å². The molecule has 0 fully saturated rings. The summed E-state index contributed by atoms with van der Waals surface area (Å²) < 4.78 is 13.8. The van der Waals surface area contributed by atoms with Crippen LogP contribution >= 0.6 is 11.7 Å². The maximum absolute atomic E-state index is 12.1. The molecule has 0 aliphatic rings. The van der Waals surface area contributed by atoms with Crippen molar-refractivity contribution in [3.63, 3.8) is 0 Å². The van der Waals surface area contributed by atoms with Crippen LogP contribution in [0.5, 0.6) is 5.75 Å². The van der Waals surface area contributed by atoms with Crippen molar-refractivity contribution in [1.82, 2.24) is 14.1 Å². The zero-order valence-corrected chi connectivity index (χ0v) is 12.0. The number of carbonyl (C=O) groups is 1. The molecule has 2 aromatic carbocycles. The number of nitrogens with zero attached hydrogens (tertiary/aromatic N) is 2. The number of benzene rings is 2. The van der Waals surface area contributed by atoms with Crippen molar-refractivity contribution in [2.24, 2.45) is 0 Å². The predicted octanol–water partition coefficient (Wildman–Crippen LogP) is 2.50. The molecule has 5 nitrogen and oxygen atoms in total. The lowest BCUT2D eigenvalue weighted by atomic mass is 10.1. The SMILES string of the molecule is O=C(NCCOc1ccccc1)c1cccc2nsnc12. The number of carbonyl (C=O) groups excluding carboxylic acids is 1. The van der Waals surface area contributed by atoms with Crippen LogP contribution in [0.25, 0.3) is 11.0 Å². The molecule has 1 heterocycles. The Kier molecular flexibility index (Phi) is 4.07. The van der Waals surface area contributed by atoms with E-state index in [4.69, 9.17) is 4.74 Å². The number of aromatic nitrogens is 2. The summed E-state index contributed by atoms with van der Waals surface area (Å²) >= 11 is 1.11. The van der Waals surface area contributed by atoms with Crippen molar-refractivity contribution in [2.45, 2.75) is 0 Å². The first-order valence-corrected chi connectivity index (χ1v) is 7.25. The maximum atomic E-state index is 12.1. The smallest absolute Gasteiger partial charge is 0.253 e. The molecule has 3 aromatic rings. The van der Waals surface area contributed by atoms with E-state index in [9.17, 15) is 4.79 Å². The number of para-hydroxylation sites is 1. The lowest BCUT2D eigenvalue weighted by Gasteiger charge is -2.07. The fourth-order valence-electron chi connectivity index (χ4n) is 1.93. The second-order valence-electron chi connectivity index (χ2n) is 4.35. The van der Waals surface area contributed by atoms with Crippen LogP contribution in [0.15, 0.2) is 48.5 Å². The lowest BCUT2D eigenvalue weighted by molar-refractivity contribution is 0.0948. The summed E-state index contributed by atoms with van der Waals surface area (Å²) in [5, 5.41) is 2.82. The van der Waals surface area contributed by atoms with E-state index in [0.717, 1.165) is 23.0 Å². The Morgan fingerprint density at radius 2 is 1.95 bits per heavy atom. The summed E-state index contributed by atoms with van der Waals surface area (Å²) in [6.45, 7) is 0.850. The van der Waals surface area contributed by atoms with Crippen LogP contribution in [0.3, 0.4) is 0 Å². The van der Waals surface area contributed by atoms with Gasteiger partial charge in [0.05, 0.1) is 23.8 Å². The highest BCUT2D eigenvalue weighted by molar-refractivity contribution is 7.00. The van der Waals surface area contributed by atoms with Crippen LogP contribution in [0.1, 0.15) is 10.4 Å². The molecule has 0 saturated carbocycles. The molecule has 1 aromatic heterocycles. The normalized spacial score (nSPS) is 10.5. The number of hydrogen-bond donors (Lipinski definition) is 1.